The molecular formula is C16H23N3O3S2. The topological polar surface area (TPSA) is 53.1 Å². The Morgan fingerprint density at radius 2 is 1.96 bits per heavy atom. The second kappa shape index (κ2) is 7.74. The minimum absolute atomic E-state index is 0.0460. The number of carbonyl (C=O) groups excluding carboxylic acids is 2. The standard InChI is InChI=1S/C16H23N3O3S2/c1-2-22-15(21)18-9-7-17(8-10-18)11-13-14(20)19(16(23)24-13)12-5-3-4-6-12/h11-12H,2-10H2,1H3/b13-11+. The lowest BCUT2D eigenvalue weighted by Crippen LogP contribution is -2.47. The van der Waals surface area contributed by atoms with E-state index in [1.165, 1.54) is 24.6 Å². The minimum atomic E-state index is -0.260. The van der Waals surface area contributed by atoms with Gasteiger partial charge in [-0.2, -0.15) is 0 Å². The van der Waals surface area contributed by atoms with E-state index in [0.717, 1.165) is 12.8 Å². The van der Waals surface area contributed by atoms with Gasteiger partial charge in [0.05, 0.1) is 11.5 Å². The molecule has 8 heteroatoms. The molecule has 0 unspecified atom stereocenters. The van der Waals surface area contributed by atoms with Crippen LogP contribution in [0.5, 0.6) is 0 Å². The van der Waals surface area contributed by atoms with Crippen LogP contribution in [0.2, 0.25) is 0 Å². The highest BCUT2D eigenvalue weighted by Crippen LogP contribution is 2.37. The molecule has 132 valence electrons. The fraction of sp³-hybridized carbons (Fsp3) is 0.688. The van der Waals surface area contributed by atoms with Crippen molar-refractivity contribution >= 4 is 40.3 Å². The van der Waals surface area contributed by atoms with E-state index in [9.17, 15) is 9.59 Å². The number of hydrogen-bond donors (Lipinski definition) is 0. The first-order valence-electron chi connectivity index (χ1n) is 8.53. The summed E-state index contributed by atoms with van der Waals surface area (Å²) < 4.78 is 5.71. The van der Waals surface area contributed by atoms with Crippen molar-refractivity contribution in [3.63, 3.8) is 0 Å². The lowest BCUT2D eigenvalue weighted by Gasteiger charge is -2.33. The van der Waals surface area contributed by atoms with E-state index in [1.807, 2.05) is 11.1 Å². The highest BCUT2D eigenvalue weighted by molar-refractivity contribution is 8.26. The van der Waals surface area contributed by atoms with E-state index in [2.05, 4.69) is 4.90 Å². The molecule has 0 aromatic rings. The zero-order valence-electron chi connectivity index (χ0n) is 13.9. The summed E-state index contributed by atoms with van der Waals surface area (Å²) in [5.74, 6) is 0.0460. The summed E-state index contributed by atoms with van der Waals surface area (Å²) in [6.45, 7) is 4.82. The zero-order chi connectivity index (χ0) is 17.1. The highest BCUT2D eigenvalue weighted by Gasteiger charge is 2.38. The van der Waals surface area contributed by atoms with E-state index < -0.39 is 0 Å². The van der Waals surface area contributed by atoms with Crippen LogP contribution >= 0.6 is 24.0 Å². The summed E-state index contributed by atoms with van der Waals surface area (Å²) in [5.41, 5.74) is 0. The lowest BCUT2D eigenvalue weighted by atomic mass is 10.2. The number of thiocarbonyl (C=S) groups is 1. The predicted octanol–water partition coefficient (Wildman–Crippen LogP) is 2.40. The summed E-state index contributed by atoms with van der Waals surface area (Å²) in [6, 6.07) is 0.282. The molecule has 24 heavy (non-hydrogen) atoms. The van der Waals surface area contributed by atoms with Gasteiger partial charge >= 0.3 is 6.09 Å². The van der Waals surface area contributed by atoms with Crippen molar-refractivity contribution in [2.24, 2.45) is 0 Å². The van der Waals surface area contributed by atoms with Crippen LogP contribution in [0.1, 0.15) is 32.6 Å². The van der Waals surface area contributed by atoms with Crippen molar-refractivity contribution < 1.29 is 14.3 Å². The predicted molar refractivity (Wildman–Crippen MR) is 97.5 cm³/mol. The molecule has 3 fully saturated rings. The molecule has 0 aromatic heterocycles. The van der Waals surface area contributed by atoms with Crippen molar-refractivity contribution in [3.05, 3.63) is 11.1 Å². The van der Waals surface area contributed by atoms with E-state index >= 15 is 0 Å². The largest absolute Gasteiger partial charge is 0.450 e. The minimum Gasteiger partial charge on any atom is -0.450 e. The molecule has 1 saturated carbocycles. The normalized spacial score (nSPS) is 24.4. The first kappa shape index (κ1) is 17.5. The Kier molecular flexibility index (Phi) is 5.65. The maximum atomic E-state index is 12.7. The number of nitrogens with zero attached hydrogens (tertiary/aromatic N) is 3. The molecule has 0 spiro atoms. The average molecular weight is 370 g/mol. The van der Waals surface area contributed by atoms with Gasteiger partial charge in [0.25, 0.3) is 5.91 Å². The third kappa shape index (κ3) is 3.69. The average Bonchev–Trinajstić information content (AvgIpc) is 3.17. The number of thioether (sulfide) groups is 1. The van der Waals surface area contributed by atoms with Gasteiger partial charge in [-0.25, -0.2) is 4.79 Å². The maximum absolute atomic E-state index is 12.7. The van der Waals surface area contributed by atoms with Crippen LogP contribution in [0.4, 0.5) is 4.79 Å². The number of ether oxygens (including phenoxy) is 1. The van der Waals surface area contributed by atoms with Gasteiger partial charge in [-0.15, -0.1) is 0 Å². The highest BCUT2D eigenvalue weighted by atomic mass is 32.2. The Hall–Kier alpha value is -1.28. The second-order valence-electron chi connectivity index (χ2n) is 6.20. The smallest absolute Gasteiger partial charge is 0.409 e. The van der Waals surface area contributed by atoms with Crippen LogP contribution in [0.15, 0.2) is 11.1 Å². The number of rotatable bonds is 3. The van der Waals surface area contributed by atoms with Crippen molar-refractivity contribution in [1.82, 2.24) is 14.7 Å². The third-order valence-electron chi connectivity index (χ3n) is 4.65. The van der Waals surface area contributed by atoms with Gasteiger partial charge in [0.1, 0.15) is 4.32 Å². The van der Waals surface area contributed by atoms with E-state index in [1.54, 1.807) is 11.8 Å². The van der Waals surface area contributed by atoms with Crippen LogP contribution in [-0.2, 0) is 9.53 Å². The third-order valence-corrected chi connectivity index (χ3v) is 5.97. The molecule has 1 aliphatic carbocycles. The van der Waals surface area contributed by atoms with Crippen LogP contribution in [0, 0.1) is 0 Å². The van der Waals surface area contributed by atoms with Crippen LogP contribution in [0.3, 0.4) is 0 Å². The van der Waals surface area contributed by atoms with Gasteiger partial charge in [-0.05, 0) is 19.8 Å². The summed E-state index contributed by atoms with van der Waals surface area (Å²) in [5, 5.41) is 0. The van der Waals surface area contributed by atoms with Gasteiger partial charge in [-0.1, -0.05) is 36.8 Å². The van der Waals surface area contributed by atoms with E-state index in [-0.39, 0.29) is 18.0 Å². The molecule has 0 atom stereocenters. The van der Waals surface area contributed by atoms with Crippen LogP contribution < -0.4 is 0 Å². The molecule has 0 N–H and O–H groups in total. The Morgan fingerprint density at radius 1 is 1.29 bits per heavy atom. The second-order valence-corrected chi connectivity index (χ2v) is 7.87. The summed E-state index contributed by atoms with van der Waals surface area (Å²) in [7, 11) is 0. The lowest BCUT2D eigenvalue weighted by molar-refractivity contribution is -0.123. The number of piperazine rings is 1. The first-order chi connectivity index (χ1) is 11.6. The van der Waals surface area contributed by atoms with Crippen molar-refractivity contribution in [2.45, 2.75) is 38.6 Å². The molecule has 2 saturated heterocycles. The van der Waals surface area contributed by atoms with Gasteiger partial charge in [0, 0.05) is 38.4 Å². The first-order valence-corrected chi connectivity index (χ1v) is 9.75. The monoisotopic (exact) mass is 369 g/mol. The Balaban J connectivity index is 1.58. The number of hydrogen-bond acceptors (Lipinski definition) is 6. The number of carbonyl (C=O) groups is 2. The van der Waals surface area contributed by atoms with Gasteiger partial charge in [-0.3, -0.25) is 9.69 Å². The maximum Gasteiger partial charge on any atom is 0.409 e. The number of amides is 2. The van der Waals surface area contributed by atoms with Gasteiger partial charge < -0.3 is 14.5 Å². The molecule has 2 heterocycles. The van der Waals surface area contributed by atoms with Crippen LogP contribution in [-0.4, -0.2) is 69.8 Å². The molecule has 3 rings (SSSR count). The summed E-state index contributed by atoms with van der Waals surface area (Å²) >= 11 is 6.82. The summed E-state index contributed by atoms with van der Waals surface area (Å²) in [6.07, 6.45) is 6.12. The molecule has 2 aliphatic heterocycles. The Labute approximate surface area is 152 Å². The molecule has 2 amide bonds. The van der Waals surface area contributed by atoms with Gasteiger partial charge in [0.15, 0.2) is 0 Å². The van der Waals surface area contributed by atoms with Crippen LogP contribution in [0.25, 0.3) is 0 Å². The fourth-order valence-electron chi connectivity index (χ4n) is 3.36. The van der Waals surface area contributed by atoms with Crippen molar-refractivity contribution in [2.75, 3.05) is 32.8 Å². The van der Waals surface area contributed by atoms with E-state index in [4.69, 9.17) is 17.0 Å². The van der Waals surface area contributed by atoms with Crippen molar-refractivity contribution in [1.29, 1.82) is 0 Å². The van der Waals surface area contributed by atoms with Crippen molar-refractivity contribution in [3.8, 4) is 0 Å². The molecule has 3 aliphatic rings. The SMILES string of the molecule is CCOC(=O)N1CCN(/C=C2/SC(=S)N(C3CCCC3)C2=O)CC1. The van der Waals surface area contributed by atoms with Gasteiger partial charge in [0.2, 0.25) is 0 Å². The zero-order valence-corrected chi connectivity index (χ0v) is 15.5. The quantitative estimate of drug-likeness (QED) is 0.562. The molecule has 6 nitrogen and oxygen atoms in total. The fourth-order valence-corrected chi connectivity index (χ4v) is 4.77. The van der Waals surface area contributed by atoms with E-state index in [0.29, 0.717) is 42.0 Å². The summed E-state index contributed by atoms with van der Waals surface area (Å²) in [4.78, 5) is 30.7. The molecule has 0 radical (unpaired) electrons. The molecular weight excluding hydrogens is 346 g/mol. The molecule has 0 aromatic carbocycles. The molecule has 0 bridgehead atoms. The Bertz CT molecular complexity index is 553. The Morgan fingerprint density at radius 3 is 2.58 bits per heavy atom.